The standard InChI is InChI=1S/C22H23ClFN5/c1-3-28(4-2)13-16-14-29-20-11-15(24)9-10-18(20)22(25-12-21(29)27-26-16)17-7-5-6-8-19(17)23/h5-11H,3-4,12-14H2,1-2H3. The van der Waals surface area contributed by atoms with Crippen LogP contribution in [0.25, 0.3) is 0 Å². The lowest BCUT2D eigenvalue weighted by Gasteiger charge is -2.30. The minimum absolute atomic E-state index is 0.295. The Hall–Kier alpha value is -2.57. The average molecular weight is 412 g/mol. The van der Waals surface area contributed by atoms with Gasteiger partial charge in [0.25, 0.3) is 0 Å². The summed E-state index contributed by atoms with van der Waals surface area (Å²) in [6.45, 7) is 7.80. The molecule has 0 spiro atoms. The van der Waals surface area contributed by atoms with Crippen molar-refractivity contribution in [2.75, 3.05) is 37.6 Å². The number of halogens is 2. The van der Waals surface area contributed by atoms with Gasteiger partial charge in [-0.1, -0.05) is 43.6 Å². The maximum Gasteiger partial charge on any atom is 0.154 e. The Balaban J connectivity index is 1.77. The predicted molar refractivity (Wildman–Crippen MR) is 118 cm³/mol. The van der Waals surface area contributed by atoms with Crippen LogP contribution in [0, 0.1) is 5.82 Å². The van der Waals surface area contributed by atoms with Crippen LogP contribution in [-0.4, -0.2) is 54.9 Å². The average Bonchev–Trinajstić information content (AvgIpc) is 2.89. The fraction of sp³-hybridized carbons (Fsp3) is 0.318. The number of rotatable bonds is 5. The van der Waals surface area contributed by atoms with Crippen molar-refractivity contribution in [1.82, 2.24) is 4.90 Å². The first-order valence-electron chi connectivity index (χ1n) is 9.82. The van der Waals surface area contributed by atoms with Crippen LogP contribution in [0.4, 0.5) is 10.1 Å². The van der Waals surface area contributed by atoms with Gasteiger partial charge in [-0.05, 0) is 37.4 Å². The van der Waals surface area contributed by atoms with E-state index in [-0.39, 0.29) is 5.82 Å². The molecule has 0 atom stereocenters. The summed E-state index contributed by atoms with van der Waals surface area (Å²) in [4.78, 5) is 9.10. The Morgan fingerprint density at radius 1 is 1.07 bits per heavy atom. The van der Waals surface area contributed by atoms with Crippen LogP contribution in [0.5, 0.6) is 0 Å². The fourth-order valence-corrected chi connectivity index (χ4v) is 3.89. The number of hydrogen-bond acceptors (Lipinski definition) is 5. The van der Waals surface area contributed by atoms with E-state index >= 15 is 0 Å². The van der Waals surface area contributed by atoms with Gasteiger partial charge in [-0.3, -0.25) is 9.89 Å². The summed E-state index contributed by atoms with van der Waals surface area (Å²) in [5.41, 5.74) is 4.11. The molecule has 0 bridgehead atoms. The second-order valence-corrected chi connectivity index (χ2v) is 7.44. The first-order valence-corrected chi connectivity index (χ1v) is 10.2. The number of benzene rings is 2. The van der Waals surface area contributed by atoms with Crippen LogP contribution in [-0.2, 0) is 0 Å². The van der Waals surface area contributed by atoms with Crippen LogP contribution in [0.1, 0.15) is 25.0 Å². The van der Waals surface area contributed by atoms with Gasteiger partial charge in [0.2, 0.25) is 0 Å². The molecule has 150 valence electrons. The van der Waals surface area contributed by atoms with Crippen molar-refractivity contribution in [3.63, 3.8) is 0 Å². The highest BCUT2D eigenvalue weighted by molar-refractivity contribution is 6.36. The summed E-state index contributed by atoms with van der Waals surface area (Å²) in [6.07, 6.45) is 0. The molecule has 0 saturated carbocycles. The van der Waals surface area contributed by atoms with E-state index in [0.29, 0.717) is 23.9 Å². The van der Waals surface area contributed by atoms with Crippen molar-refractivity contribution in [3.8, 4) is 0 Å². The number of nitrogens with zero attached hydrogens (tertiary/aromatic N) is 5. The molecule has 0 saturated heterocycles. The van der Waals surface area contributed by atoms with Crippen LogP contribution < -0.4 is 4.90 Å². The zero-order valence-electron chi connectivity index (χ0n) is 16.6. The Morgan fingerprint density at radius 3 is 2.62 bits per heavy atom. The van der Waals surface area contributed by atoms with E-state index in [4.69, 9.17) is 16.6 Å². The molecule has 0 aromatic heterocycles. The van der Waals surface area contributed by atoms with Crippen LogP contribution in [0.3, 0.4) is 0 Å². The Bertz CT molecular complexity index is 1010. The van der Waals surface area contributed by atoms with E-state index in [1.807, 2.05) is 29.2 Å². The number of amidine groups is 1. The summed E-state index contributed by atoms with van der Waals surface area (Å²) in [5.74, 6) is 0.415. The van der Waals surface area contributed by atoms with Crippen molar-refractivity contribution < 1.29 is 4.39 Å². The van der Waals surface area contributed by atoms with Gasteiger partial charge in [0.1, 0.15) is 5.82 Å². The highest BCUT2D eigenvalue weighted by Gasteiger charge is 2.28. The van der Waals surface area contributed by atoms with Crippen LogP contribution in [0.15, 0.2) is 57.7 Å². The van der Waals surface area contributed by atoms with Gasteiger partial charge in [-0.2, -0.15) is 5.10 Å². The fourth-order valence-electron chi connectivity index (χ4n) is 3.66. The monoisotopic (exact) mass is 411 g/mol. The highest BCUT2D eigenvalue weighted by atomic mass is 35.5. The van der Waals surface area contributed by atoms with Crippen LogP contribution >= 0.6 is 11.6 Å². The topological polar surface area (TPSA) is 43.6 Å². The van der Waals surface area contributed by atoms with E-state index in [1.165, 1.54) is 6.07 Å². The Labute approximate surface area is 175 Å². The van der Waals surface area contributed by atoms with Gasteiger partial charge in [-0.25, -0.2) is 4.39 Å². The van der Waals surface area contributed by atoms with Gasteiger partial charge < -0.3 is 4.90 Å². The molecule has 2 heterocycles. The molecule has 0 fully saturated rings. The lowest BCUT2D eigenvalue weighted by Crippen LogP contribution is -2.43. The molecule has 0 N–H and O–H groups in total. The number of fused-ring (bicyclic) bond motifs is 3. The van der Waals surface area contributed by atoms with Crippen molar-refractivity contribution in [1.29, 1.82) is 0 Å². The van der Waals surface area contributed by atoms with Gasteiger partial charge in [0, 0.05) is 22.7 Å². The molecular formula is C22H23ClFN5. The molecular weight excluding hydrogens is 389 g/mol. The van der Waals surface area contributed by atoms with E-state index in [0.717, 1.165) is 47.9 Å². The molecule has 4 rings (SSSR count). The normalized spacial score (nSPS) is 15.9. The summed E-state index contributed by atoms with van der Waals surface area (Å²) in [6, 6.07) is 12.4. The lowest BCUT2D eigenvalue weighted by molar-refractivity contribution is 0.345. The first-order chi connectivity index (χ1) is 14.1. The molecule has 2 aromatic carbocycles. The minimum Gasteiger partial charge on any atom is -0.320 e. The van der Waals surface area contributed by atoms with Gasteiger partial charge in [0.15, 0.2) is 5.84 Å². The quantitative estimate of drug-likeness (QED) is 0.738. The third-order valence-corrected chi connectivity index (χ3v) is 5.60. The van der Waals surface area contributed by atoms with Crippen LogP contribution in [0.2, 0.25) is 5.02 Å². The SMILES string of the molecule is CCN(CC)CC1=NN=C2CN=C(c3ccccc3Cl)c3ccc(F)cc3N2C1. The molecule has 5 nitrogen and oxygen atoms in total. The Morgan fingerprint density at radius 2 is 1.86 bits per heavy atom. The molecule has 2 aromatic rings. The summed E-state index contributed by atoms with van der Waals surface area (Å²) in [5, 5.41) is 9.48. The van der Waals surface area contributed by atoms with E-state index < -0.39 is 0 Å². The van der Waals surface area contributed by atoms with Crippen molar-refractivity contribution in [2.24, 2.45) is 15.2 Å². The third kappa shape index (κ3) is 3.95. The van der Waals surface area contributed by atoms with E-state index in [1.54, 1.807) is 12.1 Å². The summed E-state index contributed by atoms with van der Waals surface area (Å²) in [7, 11) is 0. The molecule has 0 radical (unpaired) electrons. The van der Waals surface area contributed by atoms with Gasteiger partial charge in [-0.15, -0.1) is 5.10 Å². The summed E-state index contributed by atoms with van der Waals surface area (Å²) >= 11 is 6.45. The number of hydrogen-bond donors (Lipinski definition) is 0. The van der Waals surface area contributed by atoms with Crippen molar-refractivity contribution in [3.05, 3.63) is 64.4 Å². The second-order valence-electron chi connectivity index (χ2n) is 7.04. The third-order valence-electron chi connectivity index (χ3n) is 5.27. The predicted octanol–water partition coefficient (Wildman–Crippen LogP) is 4.25. The molecule has 2 aliphatic rings. The number of anilines is 1. The maximum atomic E-state index is 14.2. The van der Waals surface area contributed by atoms with Crippen molar-refractivity contribution in [2.45, 2.75) is 13.8 Å². The molecule has 0 aliphatic carbocycles. The Kier molecular flexibility index (Phi) is 5.74. The minimum atomic E-state index is -0.295. The molecule has 0 amide bonds. The largest absolute Gasteiger partial charge is 0.320 e. The van der Waals surface area contributed by atoms with Gasteiger partial charge >= 0.3 is 0 Å². The van der Waals surface area contributed by atoms with Crippen molar-refractivity contribution >= 4 is 34.5 Å². The highest BCUT2D eigenvalue weighted by Crippen LogP contribution is 2.31. The zero-order chi connectivity index (χ0) is 20.4. The molecule has 0 unspecified atom stereocenters. The molecule has 7 heteroatoms. The van der Waals surface area contributed by atoms with Gasteiger partial charge in [0.05, 0.1) is 30.2 Å². The van der Waals surface area contributed by atoms with E-state index in [9.17, 15) is 4.39 Å². The smallest absolute Gasteiger partial charge is 0.154 e. The molecule has 2 aliphatic heterocycles. The second kappa shape index (κ2) is 8.43. The molecule has 29 heavy (non-hydrogen) atoms. The number of aliphatic imine (C=N–C) groups is 1. The first kappa shape index (κ1) is 19.7. The van der Waals surface area contributed by atoms with E-state index in [2.05, 4.69) is 29.0 Å². The maximum absolute atomic E-state index is 14.2. The zero-order valence-corrected chi connectivity index (χ0v) is 17.3. The summed E-state index contributed by atoms with van der Waals surface area (Å²) < 4.78 is 14.2. The lowest BCUT2D eigenvalue weighted by atomic mass is 9.99.